The fourth-order valence-corrected chi connectivity index (χ4v) is 3.32. The molecule has 0 saturated heterocycles. The van der Waals surface area contributed by atoms with Crippen molar-refractivity contribution in [1.82, 2.24) is 20.3 Å². The van der Waals surface area contributed by atoms with Crippen LogP contribution in [0.3, 0.4) is 0 Å². The van der Waals surface area contributed by atoms with Crippen LogP contribution >= 0.6 is 0 Å². The van der Waals surface area contributed by atoms with Gasteiger partial charge in [0.25, 0.3) is 0 Å². The molecule has 0 bridgehead atoms. The van der Waals surface area contributed by atoms with Gasteiger partial charge < -0.3 is 9.84 Å². The molecule has 23 heavy (non-hydrogen) atoms. The molecule has 0 spiro atoms. The van der Waals surface area contributed by atoms with Crippen molar-refractivity contribution >= 4 is 16.9 Å². The molecule has 6 heteroatoms. The molecule has 1 amide bonds. The molecule has 0 saturated carbocycles. The van der Waals surface area contributed by atoms with Gasteiger partial charge in [-0.05, 0) is 31.4 Å². The van der Waals surface area contributed by atoms with Crippen molar-refractivity contribution in [3.8, 4) is 0 Å². The molecule has 1 aliphatic rings. The second-order valence-corrected chi connectivity index (χ2v) is 5.98. The lowest BCUT2D eigenvalue weighted by Crippen LogP contribution is -2.32. The van der Waals surface area contributed by atoms with Crippen molar-refractivity contribution in [3.63, 3.8) is 0 Å². The number of aromatic nitrogens is 3. The van der Waals surface area contributed by atoms with Gasteiger partial charge in [0.1, 0.15) is 5.69 Å². The smallest absolute Gasteiger partial charge is 0.226 e. The first-order valence-electron chi connectivity index (χ1n) is 7.86. The molecule has 1 N–H and O–H groups in total. The number of benzene rings is 1. The van der Waals surface area contributed by atoms with E-state index in [0.29, 0.717) is 11.3 Å². The Balaban J connectivity index is 1.51. The molecule has 4 rings (SSSR count). The van der Waals surface area contributed by atoms with E-state index in [1.807, 2.05) is 42.2 Å². The van der Waals surface area contributed by atoms with E-state index in [9.17, 15) is 4.79 Å². The lowest BCUT2D eigenvalue weighted by molar-refractivity contribution is -0.121. The minimum absolute atomic E-state index is 0.0363. The lowest BCUT2D eigenvalue weighted by Gasteiger charge is -2.23. The first kappa shape index (κ1) is 14.0. The molecular formula is C17H18N4O2. The largest absolute Gasteiger partial charge is 0.356 e. The van der Waals surface area contributed by atoms with Gasteiger partial charge in [-0.2, -0.15) is 5.10 Å². The summed E-state index contributed by atoms with van der Waals surface area (Å²) in [7, 11) is 1.95. The summed E-state index contributed by atoms with van der Waals surface area (Å²) in [5.74, 6) is -0.0363. The van der Waals surface area contributed by atoms with Gasteiger partial charge in [0.2, 0.25) is 5.91 Å². The van der Waals surface area contributed by atoms with E-state index in [-0.39, 0.29) is 18.4 Å². The molecule has 1 atom stereocenters. The summed E-state index contributed by atoms with van der Waals surface area (Å²) < 4.78 is 7.16. The first-order valence-corrected chi connectivity index (χ1v) is 7.86. The lowest BCUT2D eigenvalue weighted by atomic mass is 9.93. The Morgan fingerprint density at radius 2 is 2.30 bits per heavy atom. The normalized spacial score (nSPS) is 17.2. The number of carbonyl (C=O) groups excluding carboxylic acids is 1. The number of rotatable bonds is 3. The molecule has 2 heterocycles. The van der Waals surface area contributed by atoms with Crippen LogP contribution < -0.4 is 5.32 Å². The van der Waals surface area contributed by atoms with E-state index in [1.165, 1.54) is 5.69 Å². The maximum absolute atomic E-state index is 12.4. The number of para-hydroxylation sites is 1. The molecule has 6 nitrogen and oxygen atoms in total. The van der Waals surface area contributed by atoms with Crippen molar-refractivity contribution < 1.29 is 9.32 Å². The molecule has 1 aromatic carbocycles. The van der Waals surface area contributed by atoms with Crippen LogP contribution in [0.5, 0.6) is 0 Å². The number of carbonyl (C=O) groups is 1. The third kappa shape index (κ3) is 2.50. The minimum Gasteiger partial charge on any atom is -0.356 e. The Hall–Kier alpha value is -2.63. The molecule has 1 aliphatic carbocycles. The molecule has 0 fully saturated rings. The highest BCUT2D eigenvalue weighted by Gasteiger charge is 2.25. The van der Waals surface area contributed by atoms with Gasteiger partial charge in [0.05, 0.1) is 18.7 Å². The number of fused-ring (bicyclic) bond motifs is 2. The van der Waals surface area contributed by atoms with Gasteiger partial charge in [-0.25, -0.2) is 0 Å². The zero-order valence-electron chi connectivity index (χ0n) is 13.0. The van der Waals surface area contributed by atoms with Crippen LogP contribution in [0.2, 0.25) is 0 Å². The van der Waals surface area contributed by atoms with E-state index >= 15 is 0 Å². The summed E-state index contributed by atoms with van der Waals surface area (Å²) in [6, 6.07) is 7.63. The van der Waals surface area contributed by atoms with Crippen molar-refractivity contribution in [3.05, 3.63) is 47.4 Å². The number of hydrogen-bond donors (Lipinski definition) is 1. The van der Waals surface area contributed by atoms with E-state index in [2.05, 4.69) is 15.6 Å². The zero-order valence-corrected chi connectivity index (χ0v) is 13.0. The monoisotopic (exact) mass is 310 g/mol. The summed E-state index contributed by atoms with van der Waals surface area (Å²) in [5, 5.41) is 12.3. The summed E-state index contributed by atoms with van der Waals surface area (Å²) in [5.41, 5.74) is 3.74. The van der Waals surface area contributed by atoms with Crippen molar-refractivity contribution in [2.45, 2.75) is 31.7 Å². The molecule has 0 aliphatic heterocycles. The number of nitrogens with zero attached hydrogens (tertiary/aromatic N) is 3. The second-order valence-electron chi connectivity index (χ2n) is 5.98. The molecule has 0 radical (unpaired) electrons. The second kappa shape index (κ2) is 5.53. The van der Waals surface area contributed by atoms with Gasteiger partial charge in [0.15, 0.2) is 5.58 Å². The maximum Gasteiger partial charge on any atom is 0.226 e. The van der Waals surface area contributed by atoms with Crippen LogP contribution in [0.4, 0.5) is 0 Å². The van der Waals surface area contributed by atoms with Gasteiger partial charge in [-0.15, -0.1) is 0 Å². The van der Waals surface area contributed by atoms with Crippen LogP contribution in [0, 0.1) is 0 Å². The SMILES string of the molecule is Cn1ncc2c1CCC[C@H]2NC(=O)Cc1noc2ccccc12. The Morgan fingerprint density at radius 1 is 1.43 bits per heavy atom. The highest BCUT2D eigenvalue weighted by molar-refractivity contribution is 5.86. The molecule has 3 aromatic rings. The van der Waals surface area contributed by atoms with E-state index in [0.717, 1.165) is 30.2 Å². The Morgan fingerprint density at radius 3 is 3.22 bits per heavy atom. The van der Waals surface area contributed by atoms with Crippen molar-refractivity contribution in [2.24, 2.45) is 7.05 Å². The predicted molar refractivity (Wildman–Crippen MR) is 84.7 cm³/mol. The molecule has 2 aromatic heterocycles. The third-order valence-electron chi connectivity index (χ3n) is 4.49. The molecular weight excluding hydrogens is 292 g/mol. The van der Waals surface area contributed by atoms with Crippen molar-refractivity contribution in [2.75, 3.05) is 0 Å². The molecule has 118 valence electrons. The quantitative estimate of drug-likeness (QED) is 0.805. The van der Waals surface area contributed by atoms with E-state index in [1.54, 1.807) is 0 Å². The summed E-state index contributed by atoms with van der Waals surface area (Å²) in [6.07, 6.45) is 5.12. The van der Waals surface area contributed by atoms with Crippen LogP contribution in [0.15, 0.2) is 35.0 Å². The fraction of sp³-hybridized carbons (Fsp3) is 0.353. The van der Waals surface area contributed by atoms with Crippen LogP contribution in [0.1, 0.15) is 35.8 Å². The Labute approximate surface area is 133 Å². The summed E-state index contributed by atoms with van der Waals surface area (Å²) in [4.78, 5) is 12.4. The average Bonchev–Trinajstić information content (AvgIpc) is 3.13. The predicted octanol–water partition coefficient (Wildman–Crippen LogP) is 2.30. The number of nitrogens with one attached hydrogen (secondary N) is 1. The number of hydrogen-bond acceptors (Lipinski definition) is 4. The number of amides is 1. The highest BCUT2D eigenvalue weighted by atomic mass is 16.5. The van der Waals surface area contributed by atoms with Crippen molar-refractivity contribution in [1.29, 1.82) is 0 Å². The zero-order chi connectivity index (χ0) is 15.8. The summed E-state index contributed by atoms with van der Waals surface area (Å²) >= 11 is 0. The topological polar surface area (TPSA) is 73.0 Å². The van der Waals surface area contributed by atoms with Gasteiger partial charge in [0, 0.05) is 23.7 Å². The van der Waals surface area contributed by atoms with Crippen LogP contribution in [-0.2, 0) is 24.7 Å². The molecule has 0 unspecified atom stereocenters. The van der Waals surface area contributed by atoms with Gasteiger partial charge in [-0.3, -0.25) is 9.48 Å². The Bertz CT molecular complexity index is 864. The summed E-state index contributed by atoms with van der Waals surface area (Å²) in [6.45, 7) is 0. The Kier molecular flexibility index (Phi) is 3.37. The first-order chi connectivity index (χ1) is 11.2. The average molecular weight is 310 g/mol. The van der Waals surface area contributed by atoms with E-state index < -0.39 is 0 Å². The third-order valence-corrected chi connectivity index (χ3v) is 4.49. The highest BCUT2D eigenvalue weighted by Crippen LogP contribution is 2.29. The van der Waals surface area contributed by atoms with Crippen LogP contribution in [0.25, 0.3) is 11.0 Å². The van der Waals surface area contributed by atoms with Gasteiger partial charge in [-0.1, -0.05) is 17.3 Å². The fourth-order valence-electron chi connectivity index (χ4n) is 3.32. The van der Waals surface area contributed by atoms with Gasteiger partial charge >= 0.3 is 0 Å². The van der Waals surface area contributed by atoms with E-state index in [4.69, 9.17) is 4.52 Å². The maximum atomic E-state index is 12.4. The van der Waals surface area contributed by atoms with Crippen LogP contribution in [-0.4, -0.2) is 20.8 Å². The minimum atomic E-state index is -0.0363. The standard InChI is InChI=1S/C17H18N4O2/c1-21-15-7-4-6-13(12(15)10-18-21)19-17(22)9-14-11-5-2-3-8-16(11)23-20-14/h2-3,5,8,10,13H,4,6-7,9H2,1H3,(H,19,22)/t13-/m1/s1. The number of aryl methyl sites for hydroxylation is 1.